The van der Waals surface area contributed by atoms with E-state index in [0.29, 0.717) is 27.0 Å². The highest BCUT2D eigenvalue weighted by molar-refractivity contribution is 6.32. The van der Waals surface area contributed by atoms with Crippen LogP contribution in [0.2, 0.25) is 10.0 Å². The van der Waals surface area contributed by atoms with E-state index in [-0.39, 0.29) is 12.4 Å². The molecule has 0 saturated carbocycles. The second-order valence-corrected chi connectivity index (χ2v) is 4.53. The zero-order valence-corrected chi connectivity index (χ0v) is 10.8. The molecule has 0 aliphatic rings. The van der Waals surface area contributed by atoms with Gasteiger partial charge in [-0.2, -0.15) is 0 Å². The first-order chi connectivity index (χ1) is 8.56. The van der Waals surface area contributed by atoms with E-state index in [4.69, 9.17) is 33.7 Å². The molecule has 0 bridgehead atoms. The van der Waals surface area contributed by atoms with Gasteiger partial charge >= 0.3 is 0 Å². The van der Waals surface area contributed by atoms with Gasteiger partial charge in [-0.05, 0) is 30.3 Å². The van der Waals surface area contributed by atoms with Crippen LogP contribution in [0.1, 0.15) is 5.56 Å². The molecule has 0 radical (unpaired) electrons. The summed E-state index contributed by atoms with van der Waals surface area (Å²) in [6.07, 6.45) is 0. The maximum Gasteiger partial charge on any atom is 0.138 e. The monoisotopic (exact) mass is 285 g/mol. The van der Waals surface area contributed by atoms with Crippen LogP contribution in [0.4, 0.5) is 10.1 Å². The molecule has 0 unspecified atom stereocenters. The molecule has 2 rings (SSSR count). The first-order valence-electron chi connectivity index (χ1n) is 5.18. The van der Waals surface area contributed by atoms with Crippen molar-refractivity contribution in [3.05, 3.63) is 57.8 Å². The Kier molecular flexibility index (Phi) is 3.94. The normalized spacial score (nSPS) is 10.4. The van der Waals surface area contributed by atoms with Crippen molar-refractivity contribution in [3.63, 3.8) is 0 Å². The number of anilines is 1. The first-order valence-corrected chi connectivity index (χ1v) is 5.93. The average Bonchev–Trinajstić information content (AvgIpc) is 2.30. The third-order valence-corrected chi connectivity index (χ3v) is 3.00. The molecule has 0 atom stereocenters. The fourth-order valence-corrected chi connectivity index (χ4v) is 1.89. The van der Waals surface area contributed by atoms with Gasteiger partial charge in [-0.25, -0.2) is 4.39 Å². The number of ether oxygens (including phenoxy) is 1. The van der Waals surface area contributed by atoms with Crippen LogP contribution >= 0.6 is 23.2 Å². The summed E-state index contributed by atoms with van der Waals surface area (Å²) < 4.78 is 18.4. The van der Waals surface area contributed by atoms with Crippen molar-refractivity contribution in [2.75, 3.05) is 5.73 Å². The van der Waals surface area contributed by atoms with Crippen LogP contribution in [0.25, 0.3) is 0 Å². The number of hydrogen-bond acceptors (Lipinski definition) is 2. The van der Waals surface area contributed by atoms with E-state index in [9.17, 15) is 4.39 Å². The molecule has 2 aromatic rings. The molecule has 0 heterocycles. The molecule has 2 nitrogen and oxygen atoms in total. The minimum absolute atomic E-state index is 0.211. The number of halogens is 3. The van der Waals surface area contributed by atoms with Crippen molar-refractivity contribution >= 4 is 28.9 Å². The largest absolute Gasteiger partial charge is 0.487 e. The molecular formula is C13H10Cl2FNO. The number of rotatable bonds is 3. The Morgan fingerprint density at radius 1 is 1.06 bits per heavy atom. The summed E-state index contributed by atoms with van der Waals surface area (Å²) in [5.41, 5.74) is 6.82. The third kappa shape index (κ3) is 3.06. The van der Waals surface area contributed by atoms with Crippen molar-refractivity contribution in [1.29, 1.82) is 0 Å². The summed E-state index contributed by atoms with van der Waals surface area (Å²) in [4.78, 5) is 0. The van der Waals surface area contributed by atoms with Crippen LogP contribution in [0.5, 0.6) is 5.75 Å². The lowest BCUT2D eigenvalue weighted by Gasteiger charge is -2.09. The predicted molar refractivity (Wildman–Crippen MR) is 71.6 cm³/mol. The smallest absolute Gasteiger partial charge is 0.138 e. The van der Waals surface area contributed by atoms with Gasteiger partial charge in [0.25, 0.3) is 0 Å². The summed E-state index contributed by atoms with van der Waals surface area (Å²) in [5, 5.41) is 0.745. The number of nitrogen functional groups attached to an aromatic ring is 1. The lowest BCUT2D eigenvalue weighted by Crippen LogP contribution is -1.97. The van der Waals surface area contributed by atoms with E-state index in [1.807, 2.05) is 0 Å². The van der Waals surface area contributed by atoms with Gasteiger partial charge in [0.15, 0.2) is 0 Å². The van der Waals surface area contributed by atoms with Crippen LogP contribution in [-0.4, -0.2) is 0 Å². The van der Waals surface area contributed by atoms with Gasteiger partial charge in [0, 0.05) is 11.3 Å². The van der Waals surface area contributed by atoms with Crippen molar-refractivity contribution < 1.29 is 9.13 Å². The molecule has 0 aromatic heterocycles. The highest BCUT2D eigenvalue weighted by Crippen LogP contribution is 2.28. The third-order valence-electron chi connectivity index (χ3n) is 2.35. The minimum Gasteiger partial charge on any atom is -0.487 e. The maximum absolute atomic E-state index is 12.9. The van der Waals surface area contributed by atoms with Crippen LogP contribution in [0, 0.1) is 5.82 Å². The molecule has 0 saturated heterocycles. The van der Waals surface area contributed by atoms with Gasteiger partial charge in [0.2, 0.25) is 0 Å². The SMILES string of the molecule is Nc1ccc(OCc2ccc(F)cc2Cl)c(Cl)c1. The highest BCUT2D eigenvalue weighted by atomic mass is 35.5. The Morgan fingerprint density at radius 2 is 1.83 bits per heavy atom. The summed E-state index contributed by atoms with van der Waals surface area (Å²) >= 11 is 11.9. The van der Waals surface area contributed by atoms with E-state index in [1.54, 1.807) is 24.3 Å². The van der Waals surface area contributed by atoms with E-state index in [1.165, 1.54) is 12.1 Å². The van der Waals surface area contributed by atoms with Crippen LogP contribution in [0.3, 0.4) is 0 Å². The summed E-state index contributed by atoms with van der Waals surface area (Å²) in [6, 6.07) is 9.11. The second kappa shape index (κ2) is 5.46. The zero-order valence-electron chi connectivity index (χ0n) is 9.29. The van der Waals surface area contributed by atoms with E-state index in [2.05, 4.69) is 0 Å². The summed E-state index contributed by atoms with van der Waals surface area (Å²) in [6.45, 7) is 0.211. The molecule has 0 aliphatic heterocycles. The molecule has 0 fully saturated rings. The van der Waals surface area contributed by atoms with Crippen molar-refractivity contribution in [2.24, 2.45) is 0 Å². The highest BCUT2D eigenvalue weighted by Gasteiger charge is 2.05. The molecule has 0 spiro atoms. The van der Waals surface area contributed by atoms with Crippen molar-refractivity contribution in [1.82, 2.24) is 0 Å². The minimum atomic E-state index is -0.380. The number of hydrogen-bond donors (Lipinski definition) is 1. The fraction of sp³-hybridized carbons (Fsp3) is 0.0769. The van der Waals surface area contributed by atoms with Crippen molar-refractivity contribution in [3.8, 4) is 5.75 Å². The molecule has 94 valence electrons. The van der Waals surface area contributed by atoms with Gasteiger partial charge in [0.1, 0.15) is 18.2 Å². The first kappa shape index (κ1) is 13.0. The Bertz CT molecular complexity index is 523. The Morgan fingerprint density at radius 3 is 2.50 bits per heavy atom. The topological polar surface area (TPSA) is 35.2 Å². The lowest BCUT2D eigenvalue weighted by molar-refractivity contribution is 0.306. The Labute approximate surface area is 114 Å². The van der Waals surface area contributed by atoms with Gasteiger partial charge in [-0.1, -0.05) is 29.3 Å². The predicted octanol–water partition coefficient (Wildman–Crippen LogP) is 4.29. The Balaban J connectivity index is 2.11. The van der Waals surface area contributed by atoms with Gasteiger partial charge < -0.3 is 10.5 Å². The average molecular weight is 286 g/mol. The molecule has 0 aliphatic carbocycles. The molecule has 0 amide bonds. The van der Waals surface area contributed by atoms with E-state index < -0.39 is 0 Å². The van der Waals surface area contributed by atoms with Gasteiger partial charge in [-0.15, -0.1) is 0 Å². The van der Waals surface area contributed by atoms with E-state index >= 15 is 0 Å². The quantitative estimate of drug-likeness (QED) is 0.854. The van der Waals surface area contributed by atoms with Crippen LogP contribution in [-0.2, 0) is 6.61 Å². The van der Waals surface area contributed by atoms with Gasteiger partial charge in [-0.3, -0.25) is 0 Å². The Hall–Kier alpha value is -1.45. The molecule has 18 heavy (non-hydrogen) atoms. The number of nitrogens with two attached hydrogens (primary N) is 1. The second-order valence-electron chi connectivity index (χ2n) is 3.71. The summed E-state index contributed by atoms with van der Waals surface area (Å²) in [7, 11) is 0. The molecule has 2 aromatic carbocycles. The lowest BCUT2D eigenvalue weighted by atomic mass is 10.2. The van der Waals surface area contributed by atoms with Crippen LogP contribution < -0.4 is 10.5 Å². The van der Waals surface area contributed by atoms with Crippen molar-refractivity contribution in [2.45, 2.75) is 6.61 Å². The van der Waals surface area contributed by atoms with E-state index in [0.717, 1.165) is 0 Å². The zero-order chi connectivity index (χ0) is 13.1. The molecular weight excluding hydrogens is 276 g/mol. The molecule has 5 heteroatoms. The summed E-state index contributed by atoms with van der Waals surface area (Å²) in [5.74, 6) is 0.125. The fourth-order valence-electron chi connectivity index (χ4n) is 1.43. The molecule has 2 N–H and O–H groups in total. The van der Waals surface area contributed by atoms with Gasteiger partial charge in [0.05, 0.1) is 10.0 Å². The maximum atomic E-state index is 12.9. The van der Waals surface area contributed by atoms with Crippen LogP contribution in [0.15, 0.2) is 36.4 Å². The standard InChI is InChI=1S/C13H10Cl2FNO/c14-11-5-9(16)2-1-8(11)7-18-13-4-3-10(17)6-12(13)15/h1-6H,7,17H2. The number of benzene rings is 2.